The van der Waals surface area contributed by atoms with Crippen LogP contribution in [0.25, 0.3) is 0 Å². The number of ether oxygens (including phenoxy) is 1. The van der Waals surface area contributed by atoms with E-state index in [0.717, 1.165) is 19.4 Å². The van der Waals surface area contributed by atoms with Crippen molar-refractivity contribution in [3.8, 4) is 0 Å². The first-order chi connectivity index (χ1) is 11.9. The first-order valence-corrected chi connectivity index (χ1v) is 9.15. The van der Waals surface area contributed by atoms with Crippen LogP contribution in [0.5, 0.6) is 0 Å². The molecule has 0 aromatic heterocycles. The molecule has 8 nitrogen and oxygen atoms in total. The van der Waals surface area contributed by atoms with Gasteiger partial charge in [-0.3, -0.25) is 14.5 Å². The van der Waals surface area contributed by atoms with Crippen LogP contribution < -0.4 is 5.32 Å². The monoisotopic (exact) mass is 356 g/mol. The van der Waals surface area contributed by atoms with Crippen molar-refractivity contribution in [2.45, 2.75) is 63.3 Å². The van der Waals surface area contributed by atoms with Crippen molar-refractivity contribution < 1.29 is 29.5 Å². The lowest BCUT2D eigenvalue weighted by molar-refractivity contribution is -0.150. The zero-order valence-electron chi connectivity index (χ0n) is 14.8. The first kappa shape index (κ1) is 20.2. The maximum Gasteiger partial charge on any atom is 0.451 e. The van der Waals surface area contributed by atoms with E-state index in [0.29, 0.717) is 32.2 Å². The molecule has 2 aliphatic heterocycles. The molecule has 2 saturated heterocycles. The van der Waals surface area contributed by atoms with E-state index in [9.17, 15) is 14.7 Å². The summed E-state index contributed by atoms with van der Waals surface area (Å²) in [6, 6.07) is 0.0500. The summed E-state index contributed by atoms with van der Waals surface area (Å²) in [5.41, 5.74) is -0.979. The first-order valence-electron chi connectivity index (χ1n) is 9.15. The number of hydrogen-bond donors (Lipinski definition) is 4. The van der Waals surface area contributed by atoms with Gasteiger partial charge in [0.05, 0.1) is 0 Å². The van der Waals surface area contributed by atoms with Gasteiger partial charge < -0.3 is 25.2 Å². The summed E-state index contributed by atoms with van der Waals surface area (Å²) < 4.78 is 5.28. The van der Waals surface area contributed by atoms with E-state index in [2.05, 4.69) is 5.32 Å². The predicted molar refractivity (Wildman–Crippen MR) is 91.7 cm³/mol. The Morgan fingerprint density at radius 2 is 2.12 bits per heavy atom. The normalized spacial score (nSPS) is 28.8. The number of esters is 1. The average molecular weight is 356 g/mol. The number of carboxylic acid groups (broad SMARTS) is 1. The molecule has 0 amide bonds. The van der Waals surface area contributed by atoms with Gasteiger partial charge in [0.15, 0.2) is 0 Å². The Hall–Kier alpha value is -1.16. The fourth-order valence-electron chi connectivity index (χ4n) is 4.12. The van der Waals surface area contributed by atoms with Crippen molar-refractivity contribution in [3.05, 3.63) is 0 Å². The van der Waals surface area contributed by atoms with Gasteiger partial charge in [0.1, 0.15) is 12.3 Å². The van der Waals surface area contributed by atoms with Crippen molar-refractivity contribution >= 4 is 19.1 Å². The van der Waals surface area contributed by atoms with Gasteiger partial charge in [0, 0.05) is 31.5 Å². The minimum Gasteiger partial charge on any atom is -0.480 e. The molecular weight excluding hydrogens is 327 g/mol. The van der Waals surface area contributed by atoms with E-state index in [4.69, 9.17) is 14.8 Å². The molecule has 25 heavy (non-hydrogen) atoms. The molecule has 2 rings (SSSR count). The van der Waals surface area contributed by atoms with Gasteiger partial charge in [-0.2, -0.15) is 0 Å². The van der Waals surface area contributed by atoms with E-state index in [-0.39, 0.29) is 31.0 Å². The van der Waals surface area contributed by atoms with Crippen LogP contribution in [-0.4, -0.2) is 70.5 Å². The SMILES string of the molecule is CCCC(=O)OCN1CC[C@H]2[C@@H]1CN[C@@]2(CCCCB(O)O)C(=O)O. The van der Waals surface area contributed by atoms with Crippen molar-refractivity contribution in [2.24, 2.45) is 5.92 Å². The lowest BCUT2D eigenvalue weighted by Crippen LogP contribution is -2.52. The third-order valence-electron chi connectivity index (χ3n) is 5.43. The molecular formula is C16H29BN2O6. The highest BCUT2D eigenvalue weighted by Gasteiger charge is 2.57. The smallest absolute Gasteiger partial charge is 0.451 e. The summed E-state index contributed by atoms with van der Waals surface area (Å²) in [6.07, 6.45) is 3.80. The lowest BCUT2D eigenvalue weighted by Gasteiger charge is -2.31. The number of hydrogen-bond acceptors (Lipinski definition) is 7. The van der Waals surface area contributed by atoms with Crippen molar-refractivity contribution in [1.82, 2.24) is 10.2 Å². The third kappa shape index (κ3) is 4.72. The quantitative estimate of drug-likeness (QED) is 0.246. The van der Waals surface area contributed by atoms with Crippen LogP contribution >= 0.6 is 0 Å². The number of carbonyl (C=O) groups excluding carboxylic acids is 1. The number of unbranched alkanes of at least 4 members (excludes halogenated alkanes) is 1. The van der Waals surface area contributed by atoms with Crippen molar-refractivity contribution in [3.63, 3.8) is 0 Å². The molecule has 9 heteroatoms. The summed E-state index contributed by atoms with van der Waals surface area (Å²) in [5, 5.41) is 30.9. The summed E-state index contributed by atoms with van der Waals surface area (Å²) in [7, 11) is -1.34. The topological polar surface area (TPSA) is 119 Å². The number of carboxylic acids is 1. The van der Waals surface area contributed by atoms with Gasteiger partial charge in [0.2, 0.25) is 0 Å². The molecule has 4 N–H and O–H groups in total. The minimum atomic E-state index is -1.34. The molecule has 0 radical (unpaired) electrons. The molecule has 2 fully saturated rings. The highest BCUT2D eigenvalue weighted by molar-refractivity contribution is 6.40. The molecule has 0 saturated carbocycles. The molecule has 2 heterocycles. The molecule has 0 bridgehead atoms. The Morgan fingerprint density at radius 3 is 2.76 bits per heavy atom. The van der Waals surface area contributed by atoms with Crippen LogP contribution in [0.15, 0.2) is 0 Å². The second-order valence-electron chi connectivity index (χ2n) is 7.05. The van der Waals surface area contributed by atoms with Gasteiger partial charge in [0.25, 0.3) is 0 Å². The highest BCUT2D eigenvalue weighted by Crippen LogP contribution is 2.41. The van der Waals surface area contributed by atoms with Crippen LogP contribution in [0.2, 0.25) is 6.32 Å². The fourth-order valence-corrected chi connectivity index (χ4v) is 4.12. The van der Waals surface area contributed by atoms with Crippen molar-refractivity contribution in [1.29, 1.82) is 0 Å². The van der Waals surface area contributed by atoms with E-state index >= 15 is 0 Å². The van der Waals surface area contributed by atoms with E-state index < -0.39 is 18.6 Å². The van der Waals surface area contributed by atoms with E-state index in [1.807, 2.05) is 11.8 Å². The Balaban J connectivity index is 1.92. The second-order valence-corrected chi connectivity index (χ2v) is 7.05. The lowest BCUT2D eigenvalue weighted by atomic mass is 9.77. The van der Waals surface area contributed by atoms with Crippen LogP contribution in [0.3, 0.4) is 0 Å². The number of aliphatic carboxylic acids is 1. The van der Waals surface area contributed by atoms with Gasteiger partial charge in [-0.15, -0.1) is 0 Å². The number of carbonyl (C=O) groups is 2. The van der Waals surface area contributed by atoms with Gasteiger partial charge in [-0.25, -0.2) is 0 Å². The Kier molecular flexibility index (Phi) is 7.24. The standard InChI is InChI=1S/C16H29BN2O6/c1-2-5-14(20)25-11-19-9-6-12-13(19)10-18-16(12,15(21)22)7-3-4-8-17(23)24/h12-13,18,23-24H,2-11H2,1H3,(H,21,22)/t12-,13-,16+/m0/s1. The van der Waals surface area contributed by atoms with Crippen LogP contribution in [0.4, 0.5) is 0 Å². The average Bonchev–Trinajstić information content (AvgIpc) is 3.11. The Labute approximate surface area is 148 Å². The Morgan fingerprint density at radius 1 is 1.36 bits per heavy atom. The van der Waals surface area contributed by atoms with Gasteiger partial charge in [-0.1, -0.05) is 19.8 Å². The molecule has 0 aromatic carbocycles. The van der Waals surface area contributed by atoms with Crippen molar-refractivity contribution in [2.75, 3.05) is 19.8 Å². The number of nitrogens with one attached hydrogen (secondary N) is 1. The number of nitrogens with zero attached hydrogens (tertiary/aromatic N) is 1. The van der Waals surface area contributed by atoms with Crippen LogP contribution in [-0.2, 0) is 14.3 Å². The van der Waals surface area contributed by atoms with Crippen LogP contribution in [0.1, 0.15) is 45.4 Å². The molecule has 0 aromatic rings. The van der Waals surface area contributed by atoms with Gasteiger partial charge in [-0.05, 0) is 25.6 Å². The zero-order chi connectivity index (χ0) is 18.4. The summed E-state index contributed by atoms with van der Waals surface area (Å²) >= 11 is 0. The third-order valence-corrected chi connectivity index (χ3v) is 5.43. The fraction of sp³-hybridized carbons (Fsp3) is 0.875. The predicted octanol–water partition coefficient (Wildman–Crippen LogP) is 0.0474. The number of likely N-dealkylation sites (tertiary alicyclic amines) is 1. The molecule has 0 unspecified atom stereocenters. The molecule has 0 aliphatic carbocycles. The Bertz CT molecular complexity index is 478. The maximum absolute atomic E-state index is 12.0. The molecule has 3 atom stereocenters. The molecule has 2 aliphatic rings. The summed E-state index contributed by atoms with van der Waals surface area (Å²) in [4.78, 5) is 25.6. The maximum atomic E-state index is 12.0. The zero-order valence-corrected chi connectivity index (χ0v) is 14.8. The highest BCUT2D eigenvalue weighted by atomic mass is 16.5. The van der Waals surface area contributed by atoms with Gasteiger partial charge >= 0.3 is 19.1 Å². The van der Waals surface area contributed by atoms with E-state index in [1.165, 1.54) is 0 Å². The molecule has 0 spiro atoms. The summed E-state index contributed by atoms with van der Waals surface area (Å²) in [6.45, 7) is 3.42. The molecule has 142 valence electrons. The summed E-state index contributed by atoms with van der Waals surface area (Å²) in [5.74, 6) is -1.10. The van der Waals surface area contributed by atoms with Crippen LogP contribution in [0, 0.1) is 5.92 Å². The largest absolute Gasteiger partial charge is 0.480 e. The minimum absolute atomic E-state index is 0.0334. The van der Waals surface area contributed by atoms with E-state index in [1.54, 1.807) is 0 Å². The number of rotatable bonds is 10. The number of fused-ring (bicyclic) bond motifs is 1. The second kappa shape index (κ2) is 8.98.